The minimum absolute atomic E-state index is 0.00274. The summed E-state index contributed by atoms with van der Waals surface area (Å²) in [7, 11) is 1.37. The number of aryl methyl sites for hydroxylation is 1. The van der Waals surface area contributed by atoms with Crippen LogP contribution in [0.15, 0.2) is 28.7 Å². The zero-order valence-electron chi connectivity index (χ0n) is 17.8. The number of carbonyl (C=O) groups is 1. The molecule has 33 heavy (non-hydrogen) atoms. The third kappa shape index (κ3) is 4.13. The van der Waals surface area contributed by atoms with Gasteiger partial charge in [-0.3, -0.25) is 9.59 Å². The number of nitrogen functional groups attached to an aromatic ring is 1. The maximum absolute atomic E-state index is 14.4. The van der Waals surface area contributed by atoms with E-state index in [1.54, 1.807) is 4.90 Å². The molecule has 1 aromatic heterocycles. The Morgan fingerprint density at radius 2 is 2.06 bits per heavy atom. The van der Waals surface area contributed by atoms with Gasteiger partial charge in [-0.25, -0.2) is 17.9 Å². The van der Waals surface area contributed by atoms with Crippen molar-refractivity contribution in [1.29, 1.82) is 0 Å². The van der Waals surface area contributed by atoms with E-state index in [9.17, 15) is 22.8 Å². The fourth-order valence-electron chi connectivity index (χ4n) is 3.91. The number of alkyl halides is 2. The number of halogens is 3. The molecule has 0 saturated carbocycles. The van der Waals surface area contributed by atoms with Gasteiger partial charge in [0.1, 0.15) is 11.5 Å². The van der Waals surface area contributed by atoms with Crippen LogP contribution in [-0.4, -0.2) is 46.9 Å². The minimum atomic E-state index is -2.97. The lowest BCUT2D eigenvalue weighted by Gasteiger charge is -2.54. The Morgan fingerprint density at radius 1 is 1.36 bits per heavy atom. The number of benzene rings is 1. The van der Waals surface area contributed by atoms with Crippen LogP contribution in [0.3, 0.4) is 0 Å². The van der Waals surface area contributed by atoms with E-state index in [0.717, 1.165) is 10.7 Å². The third-order valence-electron chi connectivity index (χ3n) is 5.81. The third-order valence-corrected chi connectivity index (χ3v) is 5.81. The van der Waals surface area contributed by atoms with Crippen LogP contribution in [0, 0.1) is 11.2 Å². The molecule has 2 aromatic rings. The van der Waals surface area contributed by atoms with E-state index in [1.807, 2.05) is 0 Å². The van der Waals surface area contributed by atoms with Crippen molar-refractivity contribution in [3.63, 3.8) is 0 Å². The van der Waals surface area contributed by atoms with Gasteiger partial charge in [0.15, 0.2) is 5.82 Å². The standard InChI is InChI=1S/C21H23F3N6O3/c1-29-20(32)16(26)13(5-14(25)19(31)30-7-21(8-30)9-33-10-21)18(28-29)27-6-11-3-2-4-12(15(11)22)17(23)24/h2-5,17H,6-10,25-26H2,1H3,(H,27,28)/b14-5-. The first-order valence-corrected chi connectivity index (χ1v) is 10.1. The smallest absolute Gasteiger partial charge is 0.290 e. The van der Waals surface area contributed by atoms with Crippen molar-refractivity contribution in [2.24, 2.45) is 18.2 Å². The van der Waals surface area contributed by atoms with Crippen molar-refractivity contribution in [1.82, 2.24) is 14.7 Å². The Balaban J connectivity index is 1.59. The Labute approximate surface area is 186 Å². The number of nitrogens with one attached hydrogen (secondary N) is 1. The second-order valence-corrected chi connectivity index (χ2v) is 8.33. The molecule has 2 saturated heterocycles. The lowest BCUT2D eigenvalue weighted by Crippen LogP contribution is -2.67. The Kier molecular flexibility index (Phi) is 5.78. The number of aromatic nitrogens is 2. The van der Waals surface area contributed by atoms with Crippen molar-refractivity contribution in [3.8, 4) is 0 Å². The summed E-state index contributed by atoms with van der Waals surface area (Å²) in [5.74, 6) is -1.43. The van der Waals surface area contributed by atoms with Gasteiger partial charge in [0, 0.05) is 37.8 Å². The van der Waals surface area contributed by atoms with Crippen LogP contribution >= 0.6 is 0 Å². The second kappa shape index (κ2) is 8.43. The Bertz CT molecular complexity index is 1180. The van der Waals surface area contributed by atoms with Gasteiger partial charge in [0.05, 0.1) is 29.9 Å². The van der Waals surface area contributed by atoms with Gasteiger partial charge in [-0.2, -0.15) is 5.10 Å². The van der Waals surface area contributed by atoms with Crippen LogP contribution in [0.2, 0.25) is 0 Å². The van der Waals surface area contributed by atoms with Crippen LogP contribution in [0.1, 0.15) is 23.1 Å². The number of nitrogens with zero attached hydrogens (tertiary/aromatic N) is 3. The molecule has 2 aliphatic heterocycles. The average molecular weight is 464 g/mol. The maximum Gasteiger partial charge on any atom is 0.290 e. The van der Waals surface area contributed by atoms with Crippen LogP contribution in [0.25, 0.3) is 6.08 Å². The van der Waals surface area contributed by atoms with Gasteiger partial charge in [-0.1, -0.05) is 18.2 Å². The summed E-state index contributed by atoms with van der Waals surface area (Å²) in [4.78, 5) is 26.5. The van der Waals surface area contributed by atoms with Crippen molar-refractivity contribution in [2.45, 2.75) is 13.0 Å². The topological polar surface area (TPSA) is 128 Å². The maximum atomic E-state index is 14.4. The molecule has 176 valence electrons. The highest BCUT2D eigenvalue weighted by molar-refractivity contribution is 5.99. The number of hydrogen-bond acceptors (Lipinski definition) is 7. The molecule has 3 heterocycles. The SMILES string of the molecule is Cn1nc(NCc2cccc(C(F)F)c2F)c(/C=C(\N)C(=O)N2CC3(COC3)C2)c(N)c1=O. The fraction of sp³-hybridized carbons (Fsp3) is 0.381. The summed E-state index contributed by atoms with van der Waals surface area (Å²) in [5.41, 5.74) is 10.3. The summed E-state index contributed by atoms with van der Waals surface area (Å²) in [6, 6.07) is 3.66. The summed E-state index contributed by atoms with van der Waals surface area (Å²) in [5, 5.41) is 6.87. The fourth-order valence-corrected chi connectivity index (χ4v) is 3.91. The summed E-state index contributed by atoms with van der Waals surface area (Å²) in [6.45, 7) is 2.03. The van der Waals surface area contributed by atoms with E-state index < -0.39 is 29.3 Å². The Morgan fingerprint density at radius 3 is 2.67 bits per heavy atom. The van der Waals surface area contributed by atoms with Crippen molar-refractivity contribution in [3.05, 3.63) is 56.8 Å². The number of likely N-dealkylation sites (tertiary alicyclic amines) is 1. The van der Waals surface area contributed by atoms with Gasteiger partial charge in [0.2, 0.25) is 0 Å². The monoisotopic (exact) mass is 464 g/mol. The summed E-state index contributed by atoms with van der Waals surface area (Å²) >= 11 is 0. The predicted molar refractivity (Wildman–Crippen MR) is 115 cm³/mol. The molecule has 2 fully saturated rings. The van der Waals surface area contributed by atoms with E-state index in [2.05, 4.69) is 10.4 Å². The molecular weight excluding hydrogens is 441 g/mol. The van der Waals surface area contributed by atoms with Crippen molar-refractivity contribution >= 4 is 23.5 Å². The molecule has 1 amide bonds. The lowest BCUT2D eigenvalue weighted by molar-refractivity contribution is -0.192. The molecular formula is C21H23F3N6O3. The molecule has 5 N–H and O–H groups in total. The quantitative estimate of drug-likeness (QED) is 0.548. The Hall–Kier alpha value is -3.54. The van der Waals surface area contributed by atoms with Crippen LogP contribution in [0.4, 0.5) is 24.7 Å². The van der Waals surface area contributed by atoms with E-state index in [-0.39, 0.29) is 40.3 Å². The predicted octanol–water partition coefficient (Wildman–Crippen LogP) is 1.21. The molecule has 4 rings (SSSR count). The van der Waals surface area contributed by atoms with Crippen LogP contribution < -0.4 is 22.3 Å². The van der Waals surface area contributed by atoms with Gasteiger partial charge < -0.3 is 26.4 Å². The first-order valence-electron chi connectivity index (χ1n) is 10.1. The molecule has 0 aliphatic carbocycles. The summed E-state index contributed by atoms with van der Waals surface area (Å²) < 4.78 is 46.5. The van der Waals surface area contributed by atoms with Crippen LogP contribution in [-0.2, 0) is 23.1 Å². The van der Waals surface area contributed by atoms with Crippen molar-refractivity contribution in [2.75, 3.05) is 37.4 Å². The molecule has 0 atom stereocenters. The van der Waals surface area contributed by atoms with Crippen molar-refractivity contribution < 1.29 is 22.7 Å². The van der Waals surface area contributed by atoms with E-state index in [4.69, 9.17) is 16.2 Å². The lowest BCUT2D eigenvalue weighted by atomic mass is 9.78. The number of ether oxygens (including phenoxy) is 1. The molecule has 1 spiro atoms. The number of anilines is 2. The first kappa shape index (κ1) is 22.6. The second-order valence-electron chi connectivity index (χ2n) is 8.33. The molecule has 1 aromatic carbocycles. The van der Waals surface area contributed by atoms with Gasteiger partial charge in [0.25, 0.3) is 17.9 Å². The number of rotatable bonds is 6. The highest BCUT2D eigenvalue weighted by Gasteiger charge is 2.50. The largest absolute Gasteiger partial charge is 0.394 e. The van der Waals surface area contributed by atoms with Gasteiger partial charge in [-0.15, -0.1) is 0 Å². The van der Waals surface area contributed by atoms with E-state index in [0.29, 0.717) is 26.3 Å². The van der Waals surface area contributed by atoms with E-state index >= 15 is 0 Å². The molecule has 0 radical (unpaired) electrons. The highest BCUT2D eigenvalue weighted by atomic mass is 19.3. The number of nitrogens with two attached hydrogens (primary N) is 2. The normalized spacial score (nSPS) is 17.1. The number of amides is 1. The summed E-state index contributed by atoms with van der Waals surface area (Å²) in [6.07, 6.45) is -1.73. The highest BCUT2D eigenvalue weighted by Crippen LogP contribution is 2.38. The number of hydrogen-bond donors (Lipinski definition) is 3. The zero-order chi connectivity index (χ0) is 23.9. The minimum Gasteiger partial charge on any atom is -0.394 e. The zero-order valence-corrected chi connectivity index (χ0v) is 17.8. The molecule has 12 heteroatoms. The molecule has 9 nitrogen and oxygen atoms in total. The first-order chi connectivity index (χ1) is 15.6. The van der Waals surface area contributed by atoms with Gasteiger partial charge >= 0.3 is 0 Å². The average Bonchev–Trinajstić information content (AvgIpc) is 2.71. The van der Waals surface area contributed by atoms with E-state index in [1.165, 1.54) is 25.3 Å². The van der Waals surface area contributed by atoms with Gasteiger partial charge in [-0.05, 0) is 6.08 Å². The molecule has 2 aliphatic rings. The molecule has 0 unspecified atom stereocenters. The van der Waals surface area contributed by atoms with Crippen LogP contribution in [0.5, 0.6) is 0 Å². The molecule has 0 bridgehead atoms. The number of carbonyl (C=O) groups excluding carboxylic acids is 1.